The van der Waals surface area contributed by atoms with Gasteiger partial charge < -0.3 is 10.0 Å². The molecule has 19 heavy (non-hydrogen) atoms. The fraction of sp³-hybridized carbons (Fsp3) is 0.667. The smallest absolute Gasteiger partial charge is 0.255 e. The molecular weight excluding hydrogens is 258 g/mol. The van der Waals surface area contributed by atoms with Crippen molar-refractivity contribution in [1.29, 1.82) is 0 Å². The molecule has 2 heterocycles. The molecule has 1 unspecified atom stereocenters. The molecule has 104 valence electrons. The van der Waals surface area contributed by atoms with Crippen LogP contribution in [0.3, 0.4) is 0 Å². The van der Waals surface area contributed by atoms with Crippen LogP contribution in [0.25, 0.3) is 0 Å². The fourth-order valence-corrected chi connectivity index (χ4v) is 4.40. The van der Waals surface area contributed by atoms with Crippen LogP contribution in [0.2, 0.25) is 0 Å². The lowest BCUT2D eigenvalue weighted by molar-refractivity contribution is 0.0473. The summed E-state index contributed by atoms with van der Waals surface area (Å²) in [5.41, 5.74) is 2.19. The molecule has 1 aliphatic carbocycles. The molecule has 0 radical (unpaired) electrons. The number of piperidine rings is 1. The highest BCUT2D eigenvalue weighted by Gasteiger charge is 2.28. The van der Waals surface area contributed by atoms with Crippen LogP contribution in [0, 0.1) is 5.92 Å². The van der Waals surface area contributed by atoms with Crippen LogP contribution in [0.4, 0.5) is 0 Å². The van der Waals surface area contributed by atoms with Gasteiger partial charge in [-0.05, 0) is 43.6 Å². The topological polar surface area (TPSA) is 40.5 Å². The van der Waals surface area contributed by atoms with Crippen molar-refractivity contribution >= 4 is 17.2 Å². The average molecular weight is 279 g/mol. The molecule has 0 spiro atoms. The zero-order valence-electron chi connectivity index (χ0n) is 11.4. The molecule has 0 bridgehead atoms. The molecule has 3 rings (SSSR count). The van der Waals surface area contributed by atoms with Crippen molar-refractivity contribution in [3.8, 4) is 0 Å². The van der Waals surface area contributed by atoms with Crippen LogP contribution in [0.15, 0.2) is 5.38 Å². The van der Waals surface area contributed by atoms with Crippen molar-refractivity contribution in [1.82, 2.24) is 4.90 Å². The molecule has 1 aromatic heterocycles. The van der Waals surface area contributed by atoms with E-state index in [1.165, 1.54) is 16.9 Å². The van der Waals surface area contributed by atoms with E-state index >= 15 is 0 Å². The van der Waals surface area contributed by atoms with Gasteiger partial charge in [0.15, 0.2) is 0 Å². The maximum atomic E-state index is 12.6. The zero-order chi connectivity index (χ0) is 13.4. The second-order valence-corrected chi connectivity index (χ2v) is 6.91. The summed E-state index contributed by atoms with van der Waals surface area (Å²) in [6.07, 6.45) is 4.74. The van der Waals surface area contributed by atoms with E-state index in [1.807, 2.05) is 10.3 Å². The van der Waals surface area contributed by atoms with Gasteiger partial charge in [-0.3, -0.25) is 4.79 Å². The Hall–Kier alpha value is -0.870. The van der Waals surface area contributed by atoms with Crippen LogP contribution in [-0.2, 0) is 12.8 Å². The van der Waals surface area contributed by atoms with Gasteiger partial charge in [-0.25, -0.2) is 0 Å². The lowest BCUT2D eigenvalue weighted by Gasteiger charge is -2.30. The van der Waals surface area contributed by atoms with Crippen LogP contribution in [0.5, 0.6) is 0 Å². The molecule has 0 saturated carbocycles. The minimum Gasteiger partial charge on any atom is -0.391 e. The molecule has 3 nitrogen and oxygen atoms in total. The van der Waals surface area contributed by atoms with Gasteiger partial charge in [0.05, 0.1) is 11.7 Å². The van der Waals surface area contributed by atoms with Crippen LogP contribution in [0.1, 0.15) is 47.0 Å². The van der Waals surface area contributed by atoms with Gasteiger partial charge in [-0.1, -0.05) is 6.92 Å². The Morgan fingerprint density at radius 2 is 2.32 bits per heavy atom. The summed E-state index contributed by atoms with van der Waals surface area (Å²) < 4.78 is 0. The third-order valence-electron chi connectivity index (χ3n) is 4.32. The molecule has 1 aliphatic heterocycles. The number of likely N-dealkylation sites (tertiary alicyclic amines) is 1. The van der Waals surface area contributed by atoms with E-state index < -0.39 is 0 Å². The van der Waals surface area contributed by atoms with Gasteiger partial charge >= 0.3 is 0 Å². The van der Waals surface area contributed by atoms with Crippen LogP contribution < -0.4 is 0 Å². The highest BCUT2D eigenvalue weighted by Crippen LogP contribution is 2.33. The number of hydrogen-bond acceptors (Lipinski definition) is 3. The predicted octanol–water partition coefficient (Wildman–Crippen LogP) is 2.47. The molecule has 0 aromatic carbocycles. The molecule has 1 aromatic rings. The first-order valence-electron chi connectivity index (χ1n) is 7.21. The fourth-order valence-electron chi connectivity index (χ4n) is 3.17. The molecular formula is C15H21NO2S. The van der Waals surface area contributed by atoms with E-state index in [0.29, 0.717) is 6.54 Å². The van der Waals surface area contributed by atoms with E-state index in [2.05, 4.69) is 6.92 Å². The Morgan fingerprint density at radius 3 is 3.11 bits per heavy atom. The summed E-state index contributed by atoms with van der Waals surface area (Å²) >= 11 is 1.74. The number of rotatable bonds is 1. The number of aliphatic hydroxyl groups excluding tert-OH is 1. The average Bonchev–Trinajstić information content (AvgIpc) is 2.80. The summed E-state index contributed by atoms with van der Waals surface area (Å²) in [4.78, 5) is 15.8. The second kappa shape index (κ2) is 5.25. The van der Waals surface area contributed by atoms with Gasteiger partial charge in [0.1, 0.15) is 0 Å². The number of amides is 1. The minimum atomic E-state index is -0.341. The Morgan fingerprint density at radius 1 is 1.47 bits per heavy atom. The number of nitrogens with zero attached hydrogens (tertiary/aromatic N) is 1. The third-order valence-corrected chi connectivity index (χ3v) is 5.37. The van der Waals surface area contributed by atoms with Crippen molar-refractivity contribution < 1.29 is 9.90 Å². The van der Waals surface area contributed by atoms with E-state index in [-0.39, 0.29) is 12.0 Å². The summed E-state index contributed by atoms with van der Waals surface area (Å²) in [6, 6.07) is 0. The molecule has 1 N–H and O–H groups in total. The number of carbonyl (C=O) groups is 1. The monoisotopic (exact) mass is 279 g/mol. The maximum absolute atomic E-state index is 12.6. The molecule has 2 aliphatic rings. The number of hydrogen-bond donors (Lipinski definition) is 1. The van der Waals surface area contributed by atoms with Gasteiger partial charge in [0, 0.05) is 23.3 Å². The quantitative estimate of drug-likeness (QED) is 0.858. The Kier molecular flexibility index (Phi) is 3.63. The molecule has 1 saturated heterocycles. The zero-order valence-corrected chi connectivity index (χ0v) is 12.2. The number of β-amino-alcohol motifs (C(OH)–C–C–N with tert-alkyl or cyclic N) is 1. The lowest BCUT2D eigenvalue weighted by Crippen LogP contribution is -2.42. The predicted molar refractivity (Wildman–Crippen MR) is 76.7 cm³/mol. The highest BCUT2D eigenvalue weighted by molar-refractivity contribution is 7.10. The number of fused-ring (bicyclic) bond motifs is 1. The standard InChI is InChI=1S/C15H21NO2S/c1-10-4-5-12-13(9-19-14(12)7-10)15(18)16-6-2-3-11(17)8-16/h9-11,17H,2-8H2,1H3/t10?,11-/m0/s1. The van der Waals surface area contributed by atoms with Crippen LogP contribution >= 0.6 is 11.3 Å². The minimum absolute atomic E-state index is 0.130. The van der Waals surface area contributed by atoms with E-state index in [9.17, 15) is 9.90 Å². The Bertz CT molecular complexity index is 482. The normalized spacial score (nSPS) is 27.2. The van der Waals surface area contributed by atoms with Crippen molar-refractivity contribution in [2.45, 2.75) is 45.1 Å². The number of aliphatic hydroxyl groups is 1. The van der Waals surface area contributed by atoms with E-state index in [4.69, 9.17) is 0 Å². The summed E-state index contributed by atoms with van der Waals surface area (Å²) in [7, 11) is 0. The SMILES string of the molecule is CC1CCc2c(C(=O)N3CCC[C@H](O)C3)csc2C1. The van der Waals surface area contributed by atoms with Crippen molar-refractivity contribution in [2.24, 2.45) is 5.92 Å². The summed E-state index contributed by atoms with van der Waals surface area (Å²) in [5.74, 6) is 0.872. The summed E-state index contributed by atoms with van der Waals surface area (Å²) in [6.45, 7) is 3.57. The van der Waals surface area contributed by atoms with Crippen molar-refractivity contribution in [3.05, 3.63) is 21.4 Å². The first-order chi connectivity index (χ1) is 9.15. The van der Waals surface area contributed by atoms with E-state index in [0.717, 1.165) is 43.7 Å². The molecule has 1 amide bonds. The second-order valence-electron chi connectivity index (χ2n) is 5.95. The first kappa shape index (κ1) is 13.1. The third kappa shape index (κ3) is 2.56. The van der Waals surface area contributed by atoms with Gasteiger partial charge in [0.2, 0.25) is 0 Å². The number of carbonyl (C=O) groups excluding carboxylic acids is 1. The lowest BCUT2D eigenvalue weighted by atomic mass is 9.88. The van der Waals surface area contributed by atoms with Gasteiger partial charge in [-0.2, -0.15) is 0 Å². The van der Waals surface area contributed by atoms with E-state index in [1.54, 1.807) is 11.3 Å². The summed E-state index contributed by atoms with van der Waals surface area (Å²) in [5, 5.41) is 11.7. The van der Waals surface area contributed by atoms with Crippen molar-refractivity contribution in [2.75, 3.05) is 13.1 Å². The number of thiophene rings is 1. The highest BCUT2D eigenvalue weighted by atomic mass is 32.1. The largest absolute Gasteiger partial charge is 0.391 e. The maximum Gasteiger partial charge on any atom is 0.255 e. The van der Waals surface area contributed by atoms with Crippen molar-refractivity contribution in [3.63, 3.8) is 0 Å². The molecule has 4 heteroatoms. The Balaban J connectivity index is 1.80. The first-order valence-corrected chi connectivity index (χ1v) is 8.09. The van der Waals surface area contributed by atoms with Gasteiger partial charge in [0.25, 0.3) is 5.91 Å². The van der Waals surface area contributed by atoms with Gasteiger partial charge in [-0.15, -0.1) is 11.3 Å². The molecule has 1 fully saturated rings. The molecule has 2 atom stereocenters. The van der Waals surface area contributed by atoms with Crippen LogP contribution in [-0.4, -0.2) is 35.1 Å². The Labute approximate surface area is 118 Å².